The molecule has 1 rings (SSSR count). The monoisotopic (exact) mass is 235 g/mol. The Morgan fingerprint density at radius 3 is 2.59 bits per heavy atom. The van der Waals surface area contributed by atoms with Gasteiger partial charge in [0.1, 0.15) is 0 Å². The summed E-state index contributed by atoms with van der Waals surface area (Å²) >= 11 is 0. The van der Waals surface area contributed by atoms with Crippen LogP contribution < -0.4 is 16.4 Å². The summed E-state index contributed by atoms with van der Waals surface area (Å²) in [7, 11) is 0. The van der Waals surface area contributed by atoms with E-state index in [-0.39, 0.29) is 5.91 Å². The molecule has 0 atom stereocenters. The van der Waals surface area contributed by atoms with E-state index in [9.17, 15) is 4.79 Å². The van der Waals surface area contributed by atoms with Gasteiger partial charge in [0.2, 0.25) is 5.91 Å². The normalized spacial score (nSPS) is 10.2. The van der Waals surface area contributed by atoms with E-state index in [1.807, 2.05) is 12.1 Å². The Morgan fingerprint density at radius 2 is 2.00 bits per heavy atom. The van der Waals surface area contributed by atoms with Crippen LogP contribution in [-0.2, 0) is 4.79 Å². The van der Waals surface area contributed by atoms with Gasteiger partial charge in [-0.25, -0.2) is 0 Å². The maximum Gasteiger partial charge on any atom is 0.219 e. The lowest BCUT2D eigenvalue weighted by Crippen LogP contribution is -2.30. The van der Waals surface area contributed by atoms with Gasteiger partial charge in [0, 0.05) is 25.2 Å². The van der Waals surface area contributed by atoms with E-state index in [2.05, 4.69) is 24.0 Å². The zero-order valence-corrected chi connectivity index (χ0v) is 10.4. The Labute approximate surface area is 103 Å². The Morgan fingerprint density at radius 1 is 1.29 bits per heavy atom. The molecule has 0 unspecified atom stereocenters. The first-order valence-corrected chi connectivity index (χ1v) is 5.94. The zero-order valence-electron chi connectivity index (χ0n) is 10.4. The number of nitrogens with zero attached hydrogens (tertiary/aromatic N) is 1. The largest absolute Gasteiger partial charge is 0.371 e. The minimum absolute atomic E-state index is 0.267. The molecule has 0 heterocycles. The molecule has 1 aromatic rings. The molecule has 0 aromatic heterocycles. The molecular formula is C13H21N3O. The summed E-state index contributed by atoms with van der Waals surface area (Å²) in [6, 6.07) is 8.14. The van der Waals surface area contributed by atoms with E-state index in [1.165, 1.54) is 5.56 Å². The molecule has 1 amide bonds. The van der Waals surface area contributed by atoms with Crippen molar-refractivity contribution < 1.29 is 4.79 Å². The smallest absolute Gasteiger partial charge is 0.219 e. The molecule has 0 spiro atoms. The Kier molecular flexibility index (Phi) is 5.49. The number of aryl methyl sites for hydroxylation is 1. The molecule has 0 fully saturated rings. The number of rotatable bonds is 7. The predicted octanol–water partition coefficient (Wildman–Crippen LogP) is 1.03. The maximum absolute atomic E-state index is 10.9. The highest BCUT2D eigenvalue weighted by Gasteiger charge is 2.09. The van der Waals surface area contributed by atoms with E-state index < -0.39 is 0 Å². The van der Waals surface area contributed by atoms with Crippen molar-refractivity contribution in [2.24, 2.45) is 11.5 Å². The first-order valence-electron chi connectivity index (χ1n) is 5.94. The van der Waals surface area contributed by atoms with Crippen molar-refractivity contribution in [1.82, 2.24) is 0 Å². The lowest BCUT2D eigenvalue weighted by molar-refractivity contribution is -0.117. The van der Waals surface area contributed by atoms with Crippen LogP contribution in [0.5, 0.6) is 0 Å². The van der Waals surface area contributed by atoms with Gasteiger partial charge in [0.05, 0.1) is 0 Å². The minimum atomic E-state index is -0.267. The zero-order chi connectivity index (χ0) is 12.7. The second-order valence-electron chi connectivity index (χ2n) is 4.13. The summed E-state index contributed by atoms with van der Waals surface area (Å²) in [6.45, 7) is 4.23. The summed E-state index contributed by atoms with van der Waals surface area (Å²) < 4.78 is 0. The number of hydrogen-bond acceptors (Lipinski definition) is 3. The van der Waals surface area contributed by atoms with Crippen LogP contribution in [0.4, 0.5) is 5.69 Å². The summed E-state index contributed by atoms with van der Waals surface area (Å²) in [4.78, 5) is 13.0. The maximum atomic E-state index is 10.9. The van der Waals surface area contributed by atoms with Crippen LogP contribution >= 0.6 is 0 Å². The summed E-state index contributed by atoms with van der Waals surface area (Å²) in [5.41, 5.74) is 13.1. The predicted molar refractivity (Wildman–Crippen MR) is 70.9 cm³/mol. The number of benzene rings is 1. The molecule has 17 heavy (non-hydrogen) atoms. The van der Waals surface area contributed by atoms with Crippen molar-refractivity contribution in [2.45, 2.75) is 19.8 Å². The van der Waals surface area contributed by atoms with Gasteiger partial charge in [-0.3, -0.25) is 4.79 Å². The molecule has 1 aromatic carbocycles. The van der Waals surface area contributed by atoms with Crippen molar-refractivity contribution in [3.63, 3.8) is 0 Å². The number of para-hydroxylation sites is 1. The third kappa shape index (κ3) is 4.44. The highest BCUT2D eigenvalue weighted by atomic mass is 16.1. The van der Waals surface area contributed by atoms with Gasteiger partial charge in [0.15, 0.2) is 0 Å². The topological polar surface area (TPSA) is 72.3 Å². The van der Waals surface area contributed by atoms with Gasteiger partial charge in [-0.1, -0.05) is 18.2 Å². The van der Waals surface area contributed by atoms with Crippen LogP contribution in [0.1, 0.15) is 18.4 Å². The van der Waals surface area contributed by atoms with Crippen molar-refractivity contribution in [2.75, 3.05) is 24.5 Å². The Bertz CT molecular complexity index is 365. The highest BCUT2D eigenvalue weighted by Crippen LogP contribution is 2.19. The van der Waals surface area contributed by atoms with Crippen LogP contribution in [0.2, 0.25) is 0 Å². The van der Waals surface area contributed by atoms with Gasteiger partial charge < -0.3 is 16.4 Å². The summed E-state index contributed by atoms with van der Waals surface area (Å²) in [5.74, 6) is -0.267. The Balaban J connectivity index is 2.74. The van der Waals surface area contributed by atoms with Crippen LogP contribution in [0, 0.1) is 6.92 Å². The molecule has 4 heteroatoms. The van der Waals surface area contributed by atoms with Crippen LogP contribution in [0.3, 0.4) is 0 Å². The third-order valence-corrected chi connectivity index (χ3v) is 2.72. The molecule has 0 aliphatic carbocycles. The molecule has 0 radical (unpaired) electrons. The average Bonchev–Trinajstić information content (AvgIpc) is 2.30. The lowest BCUT2D eigenvalue weighted by Gasteiger charge is -2.25. The number of primary amides is 1. The molecule has 0 saturated carbocycles. The fourth-order valence-electron chi connectivity index (χ4n) is 1.80. The van der Waals surface area contributed by atoms with Crippen molar-refractivity contribution in [3.05, 3.63) is 29.8 Å². The van der Waals surface area contributed by atoms with Gasteiger partial charge in [-0.05, 0) is 31.5 Å². The first-order chi connectivity index (χ1) is 8.15. The van der Waals surface area contributed by atoms with E-state index in [4.69, 9.17) is 11.5 Å². The first kappa shape index (κ1) is 13.5. The average molecular weight is 235 g/mol. The second-order valence-corrected chi connectivity index (χ2v) is 4.13. The fraction of sp³-hybridized carbons (Fsp3) is 0.462. The van der Waals surface area contributed by atoms with E-state index in [0.29, 0.717) is 19.5 Å². The fourth-order valence-corrected chi connectivity index (χ4v) is 1.80. The van der Waals surface area contributed by atoms with Crippen molar-refractivity contribution in [3.8, 4) is 0 Å². The summed E-state index contributed by atoms with van der Waals surface area (Å²) in [6.07, 6.45) is 1.28. The second kappa shape index (κ2) is 6.91. The van der Waals surface area contributed by atoms with Gasteiger partial charge in [-0.2, -0.15) is 0 Å². The molecule has 0 aliphatic heterocycles. The van der Waals surface area contributed by atoms with E-state index in [1.54, 1.807) is 0 Å². The van der Waals surface area contributed by atoms with Crippen LogP contribution in [0.15, 0.2) is 24.3 Å². The van der Waals surface area contributed by atoms with E-state index in [0.717, 1.165) is 18.7 Å². The lowest BCUT2D eigenvalue weighted by atomic mass is 10.1. The standard InChI is InChI=1S/C13H21N3O/c1-11-5-2-3-6-12(11)16(9-4-8-14)10-7-13(15)17/h2-3,5-6H,4,7-10,14H2,1H3,(H2,15,17). The molecule has 4 nitrogen and oxygen atoms in total. The van der Waals surface area contributed by atoms with Gasteiger partial charge in [-0.15, -0.1) is 0 Å². The molecule has 0 saturated heterocycles. The number of anilines is 1. The van der Waals surface area contributed by atoms with Gasteiger partial charge in [0.25, 0.3) is 0 Å². The third-order valence-electron chi connectivity index (χ3n) is 2.72. The molecular weight excluding hydrogens is 214 g/mol. The van der Waals surface area contributed by atoms with Crippen molar-refractivity contribution in [1.29, 1.82) is 0 Å². The Hall–Kier alpha value is -1.55. The van der Waals surface area contributed by atoms with E-state index >= 15 is 0 Å². The number of hydrogen-bond donors (Lipinski definition) is 2. The van der Waals surface area contributed by atoms with Crippen LogP contribution in [0.25, 0.3) is 0 Å². The molecule has 94 valence electrons. The molecule has 0 aliphatic rings. The number of carbonyl (C=O) groups is 1. The number of amides is 1. The molecule has 4 N–H and O–H groups in total. The number of nitrogens with two attached hydrogens (primary N) is 2. The van der Waals surface area contributed by atoms with Crippen LogP contribution in [-0.4, -0.2) is 25.5 Å². The summed E-state index contributed by atoms with van der Waals surface area (Å²) in [5, 5.41) is 0. The SMILES string of the molecule is Cc1ccccc1N(CCCN)CCC(N)=O. The van der Waals surface area contributed by atoms with Crippen molar-refractivity contribution >= 4 is 11.6 Å². The van der Waals surface area contributed by atoms with Gasteiger partial charge >= 0.3 is 0 Å². The quantitative estimate of drug-likeness (QED) is 0.741. The number of carbonyl (C=O) groups excluding carboxylic acids is 1. The highest BCUT2D eigenvalue weighted by molar-refractivity contribution is 5.74. The molecule has 0 bridgehead atoms. The minimum Gasteiger partial charge on any atom is -0.371 e.